The van der Waals surface area contributed by atoms with Crippen LogP contribution in [-0.4, -0.2) is 31.2 Å². The predicted octanol–water partition coefficient (Wildman–Crippen LogP) is 2.43. The van der Waals surface area contributed by atoms with Crippen LogP contribution in [0.3, 0.4) is 0 Å². The summed E-state index contributed by atoms with van der Waals surface area (Å²) in [4.78, 5) is 2.39. The maximum atomic E-state index is 5.37. The van der Waals surface area contributed by atoms with Crippen molar-refractivity contribution in [2.45, 2.75) is 6.04 Å². The Kier molecular flexibility index (Phi) is 3.75. The van der Waals surface area contributed by atoms with Crippen molar-refractivity contribution in [1.29, 1.82) is 0 Å². The fourth-order valence-corrected chi connectivity index (χ4v) is 2.15. The summed E-state index contributed by atoms with van der Waals surface area (Å²) in [6.45, 7) is 11.6. The van der Waals surface area contributed by atoms with Crippen molar-refractivity contribution in [2.75, 3.05) is 26.3 Å². The van der Waals surface area contributed by atoms with Gasteiger partial charge in [-0.2, -0.15) is 0 Å². The van der Waals surface area contributed by atoms with Gasteiger partial charge in [0.2, 0.25) is 0 Å². The fourth-order valence-electron chi connectivity index (χ4n) is 2.15. The summed E-state index contributed by atoms with van der Waals surface area (Å²) in [6, 6.07) is 8.51. The molecule has 85 valence electrons. The molecule has 1 saturated heterocycles. The van der Waals surface area contributed by atoms with Gasteiger partial charge in [0.05, 0.1) is 19.3 Å². The van der Waals surface area contributed by atoms with Gasteiger partial charge in [-0.3, -0.25) is 4.90 Å². The molecule has 0 saturated carbocycles. The molecule has 1 unspecified atom stereocenters. The highest BCUT2D eigenvalue weighted by Crippen LogP contribution is 2.25. The third-order valence-electron chi connectivity index (χ3n) is 3.04. The normalized spacial score (nSPS) is 19.3. The Morgan fingerprint density at radius 2 is 1.94 bits per heavy atom. The van der Waals surface area contributed by atoms with Gasteiger partial charge in [0.1, 0.15) is 0 Å². The van der Waals surface area contributed by atoms with Gasteiger partial charge in [0.15, 0.2) is 0 Å². The highest BCUT2D eigenvalue weighted by molar-refractivity contribution is 5.34. The summed E-state index contributed by atoms with van der Waals surface area (Å²) in [5.74, 6) is 0. The summed E-state index contributed by atoms with van der Waals surface area (Å²) in [5.41, 5.74) is 2.33. The Balaban J connectivity index is 2.21. The zero-order valence-electron chi connectivity index (χ0n) is 9.56. The molecule has 1 atom stereocenters. The van der Waals surface area contributed by atoms with Gasteiger partial charge in [0, 0.05) is 13.1 Å². The van der Waals surface area contributed by atoms with E-state index in [1.807, 2.05) is 18.2 Å². The first-order valence-corrected chi connectivity index (χ1v) is 5.68. The van der Waals surface area contributed by atoms with Gasteiger partial charge in [0.25, 0.3) is 0 Å². The number of morpholine rings is 1. The smallest absolute Gasteiger partial charge is 0.0594 e. The first kappa shape index (κ1) is 11.4. The van der Waals surface area contributed by atoms with Crippen LogP contribution in [0, 0.1) is 6.92 Å². The van der Waals surface area contributed by atoms with E-state index in [1.165, 1.54) is 5.56 Å². The van der Waals surface area contributed by atoms with Crippen molar-refractivity contribution in [3.05, 3.63) is 55.0 Å². The molecule has 0 aromatic heterocycles. The lowest BCUT2D eigenvalue weighted by atomic mass is 10.00. The molecule has 2 nitrogen and oxygen atoms in total. The lowest BCUT2D eigenvalue weighted by molar-refractivity contribution is 0.0253. The molecule has 1 heterocycles. The van der Waals surface area contributed by atoms with E-state index >= 15 is 0 Å². The van der Waals surface area contributed by atoms with Crippen LogP contribution in [-0.2, 0) is 4.74 Å². The lowest BCUT2D eigenvalue weighted by Gasteiger charge is -2.33. The SMILES string of the molecule is [CH2]c1ccccc1C(C=C)N1CCOCC1. The van der Waals surface area contributed by atoms with Crippen LogP contribution in [0.1, 0.15) is 17.2 Å². The van der Waals surface area contributed by atoms with Crippen LogP contribution < -0.4 is 0 Å². The molecular formula is C14H18NO. The van der Waals surface area contributed by atoms with Crippen molar-refractivity contribution in [2.24, 2.45) is 0 Å². The molecule has 0 bridgehead atoms. The van der Waals surface area contributed by atoms with Gasteiger partial charge in [-0.15, -0.1) is 6.58 Å². The summed E-state index contributed by atoms with van der Waals surface area (Å²) in [6.07, 6.45) is 2.00. The van der Waals surface area contributed by atoms with Crippen LogP contribution in [0.2, 0.25) is 0 Å². The zero-order valence-corrected chi connectivity index (χ0v) is 9.56. The molecule has 2 heteroatoms. The fraction of sp³-hybridized carbons (Fsp3) is 0.357. The third-order valence-corrected chi connectivity index (χ3v) is 3.04. The molecule has 1 aromatic carbocycles. The van der Waals surface area contributed by atoms with Crippen LogP contribution in [0.4, 0.5) is 0 Å². The van der Waals surface area contributed by atoms with Crippen LogP contribution >= 0.6 is 0 Å². The maximum Gasteiger partial charge on any atom is 0.0594 e. The molecule has 1 aliphatic rings. The Hall–Kier alpha value is -1.12. The number of hydrogen-bond acceptors (Lipinski definition) is 2. The largest absolute Gasteiger partial charge is 0.379 e. The highest BCUT2D eigenvalue weighted by atomic mass is 16.5. The number of rotatable bonds is 3. The van der Waals surface area contributed by atoms with Gasteiger partial charge >= 0.3 is 0 Å². The Morgan fingerprint density at radius 1 is 1.25 bits per heavy atom. The minimum Gasteiger partial charge on any atom is -0.379 e. The van der Waals surface area contributed by atoms with Gasteiger partial charge < -0.3 is 4.74 Å². The second-order valence-corrected chi connectivity index (χ2v) is 4.03. The standard InChI is InChI=1S/C14H18NO/c1-3-14(15-8-10-16-11-9-15)13-7-5-4-6-12(13)2/h3-7,14H,1-2,8-11H2. The summed E-state index contributed by atoms with van der Waals surface area (Å²) in [7, 11) is 0. The van der Waals surface area contributed by atoms with Crippen LogP contribution in [0.5, 0.6) is 0 Å². The molecule has 0 aliphatic carbocycles. The van der Waals surface area contributed by atoms with Crippen LogP contribution in [0.15, 0.2) is 36.9 Å². The number of nitrogens with zero attached hydrogens (tertiary/aromatic N) is 1. The monoisotopic (exact) mass is 216 g/mol. The Morgan fingerprint density at radius 3 is 2.56 bits per heavy atom. The topological polar surface area (TPSA) is 12.5 Å². The maximum absolute atomic E-state index is 5.37. The first-order chi connectivity index (χ1) is 7.83. The average molecular weight is 216 g/mol. The summed E-state index contributed by atoms with van der Waals surface area (Å²) < 4.78 is 5.37. The predicted molar refractivity (Wildman–Crippen MR) is 66.2 cm³/mol. The van der Waals surface area contributed by atoms with Crippen molar-refractivity contribution in [1.82, 2.24) is 4.90 Å². The average Bonchev–Trinajstić information content (AvgIpc) is 2.34. The molecule has 1 fully saturated rings. The molecule has 2 rings (SSSR count). The minimum atomic E-state index is 0.262. The first-order valence-electron chi connectivity index (χ1n) is 5.68. The van der Waals surface area contributed by atoms with E-state index in [1.54, 1.807) is 0 Å². The molecule has 0 N–H and O–H groups in total. The van der Waals surface area contributed by atoms with Crippen molar-refractivity contribution >= 4 is 0 Å². The van der Waals surface area contributed by atoms with E-state index in [4.69, 9.17) is 4.74 Å². The highest BCUT2D eigenvalue weighted by Gasteiger charge is 2.20. The molecule has 1 radical (unpaired) electrons. The molecule has 0 amide bonds. The van der Waals surface area contributed by atoms with E-state index in [2.05, 4.69) is 30.5 Å². The molecule has 16 heavy (non-hydrogen) atoms. The summed E-state index contributed by atoms with van der Waals surface area (Å²) >= 11 is 0. The second-order valence-electron chi connectivity index (χ2n) is 4.03. The zero-order chi connectivity index (χ0) is 11.4. The molecule has 0 spiro atoms. The number of benzene rings is 1. The van der Waals surface area contributed by atoms with E-state index in [-0.39, 0.29) is 6.04 Å². The van der Waals surface area contributed by atoms with Crippen molar-refractivity contribution in [3.63, 3.8) is 0 Å². The van der Waals surface area contributed by atoms with Gasteiger partial charge in [-0.25, -0.2) is 0 Å². The molecule has 1 aromatic rings. The second kappa shape index (κ2) is 5.28. The quantitative estimate of drug-likeness (QED) is 0.719. The lowest BCUT2D eigenvalue weighted by Crippen LogP contribution is -2.38. The number of ether oxygens (including phenoxy) is 1. The van der Waals surface area contributed by atoms with Gasteiger partial charge in [-0.1, -0.05) is 30.3 Å². The van der Waals surface area contributed by atoms with Crippen molar-refractivity contribution in [3.8, 4) is 0 Å². The number of hydrogen-bond donors (Lipinski definition) is 0. The van der Waals surface area contributed by atoms with Crippen molar-refractivity contribution < 1.29 is 4.74 Å². The van der Waals surface area contributed by atoms with E-state index in [0.29, 0.717) is 0 Å². The van der Waals surface area contributed by atoms with Crippen LogP contribution in [0.25, 0.3) is 0 Å². The van der Waals surface area contributed by atoms with E-state index < -0.39 is 0 Å². The van der Waals surface area contributed by atoms with Gasteiger partial charge in [-0.05, 0) is 18.1 Å². The molecular weight excluding hydrogens is 198 g/mol. The van der Waals surface area contributed by atoms with E-state index in [9.17, 15) is 0 Å². The Bertz CT molecular complexity index is 356. The third kappa shape index (κ3) is 2.34. The van der Waals surface area contributed by atoms with E-state index in [0.717, 1.165) is 31.9 Å². The summed E-state index contributed by atoms with van der Waals surface area (Å²) in [5, 5.41) is 0. The minimum absolute atomic E-state index is 0.262. The Labute approximate surface area is 97.5 Å². The molecule has 1 aliphatic heterocycles.